The molecule has 1 aromatic heterocycles. The molecule has 5 nitrogen and oxygen atoms in total. The number of nitrogens with zero attached hydrogens (tertiary/aromatic N) is 3. The number of alkyl halides is 3. The average molecular weight is 339 g/mol. The zero-order chi connectivity index (χ0) is 17.5. The van der Waals surface area contributed by atoms with Gasteiger partial charge in [0, 0.05) is 12.6 Å². The van der Waals surface area contributed by atoms with Gasteiger partial charge in [-0.05, 0) is 44.0 Å². The van der Waals surface area contributed by atoms with E-state index in [1.54, 1.807) is 17.9 Å². The molecule has 1 aromatic carbocycles. The van der Waals surface area contributed by atoms with Crippen LogP contribution in [0.4, 0.5) is 19.0 Å². The number of carboxylic acids is 1. The number of aliphatic carboxylic acids is 1. The van der Waals surface area contributed by atoms with Gasteiger partial charge in [-0.15, -0.1) is 0 Å². The van der Waals surface area contributed by atoms with Gasteiger partial charge in [-0.3, -0.25) is 0 Å². The summed E-state index contributed by atoms with van der Waals surface area (Å²) < 4.78 is 39.6. The number of halogens is 3. The summed E-state index contributed by atoms with van der Waals surface area (Å²) in [6, 6.07) is 5.77. The van der Waals surface area contributed by atoms with Gasteiger partial charge in [-0.25, -0.2) is 9.48 Å². The molecule has 1 unspecified atom stereocenters. The van der Waals surface area contributed by atoms with Crippen LogP contribution in [0.15, 0.2) is 30.3 Å². The van der Waals surface area contributed by atoms with Gasteiger partial charge in [0.25, 0.3) is 0 Å². The fourth-order valence-corrected chi connectivity index (χ4v) is 2.97. The molecule has 1 N–H and O–H groups in total. The van der Waals surface area contributed by atoms with Gasteiger partial charge in [-0.1, -0.05) is 0 Å². The van der Waals surface area contributed by atoms with E-state index in [1.807, 2.05) is 0 Å². The van der Waals surface area contributed by atoms with E-state index in [1.165, 1.54) is 16.8 Å². The Morgan fingerprint density at radius 2 is 1.96 bits per heavy atom. The highest BCUT2D eigenvalue weighted by Crippen LogP contribution is 2.32. The number of aromatic nitrogens is 2. The molecule has 0 bridgehead atoms. The molecule has 8 heteroatoms. The van der Waals surface area contributed by atoms with Crippen LogP contribution in [-0.4, -0.2) is 33.4 Å². The van der Waals surface area contributed by atoms with Crippen molar-refractivity contribution < 1.29 is 23.1 Å². The SMILES string of the molecule is Cc1cc(N2CCCC2C(=O)O)n(-c2ccc(C(F)(F)F)cc2)n1. The lowest BCUT2D eigenvalue weighted by Gasteiger charge is -2.24. The lowest BCUT2D eigenvalue weighted by atomic mass is 10.2. The number of anilines is 1. The van der Waals surface area contributed by atoms with E-state index in [2.05, 4.69) is 5.10 Å². The predicted molar refractivity (Wildman–Crippen MR) is 81.3 cm³/mol. The van der Waals surface area contributed by atoms with E-state index in [-0.39, 0.29) is 0 Å². The van der Waals surface area contributed by atoms with E-state index in [0.717, 1.165) is 18.6 Å². The van der Waals surface area contributed by atoms with Crippen molar-refractivity contribution in [1.82, 2.24) is 9.78 Å². The van der Waals surface area contributed by atoms with Crippen molar-refractivity contribution in [2.24, 2.45) is 0 Å². The summed E-state index contributed by atoms with van der Waals surface area (Å²) in [4.78, 5) is 13.1. The first-order valence-corrected chi connectivity index (χ1v) is 7.51. The first-order chi connectivity index (χ1) is 11.3. The van der Waals surface area contributed by atoms with Crippen molar-refractivity contribution in [2.45, 2.75) is 32.0 Å². The zero-order valence-electron chi connectivity index (χ0n) is 12.9. The van der Waals surface area contributed by atoms with Crippen LogP contribution in [0.1, 0.15) is 24.1 Å². The van der Waals surface area contributed by atoms with Crippen molar-refractivity contribution >= 4 is 11.8 Å². The van der Waals surface area contributed by atoms with Gasteiger partial charge in [0.05, 0.1) is 16.9 Å². The molecular weight excluding hydrogens is 323 g/mol. The fraction of sp³-hybridized carbons (Fsp3) is 0.375. The van der Waals surface area contributed by atoms with E-state index in [4.69, 9.17) is 0 Å². The maximum atomic E-state index is 12.7. The molecule has 0 radical (unpaired) electrons. The first kappa shape index (κ1) is 16.4. The Morgan fingerprint density at radius 1 is 1.29 bits per heavy atom. The molecule has 2 aromatic rings. The third kappa shape index (κ3) is 2.95. The van der Waals surface area contributed by atoms with Gasteiger partial charge in [-0.2, -0.15) is 18.3 Å². The van der Waals surface area contributed by atoms with Gasteiger partial charge in [0.2, 0.25) is 0 Å². The second-order valence-corrected chi connectivity index (χ2v) is 5.79. The van der Waals surface area contributed by atoms with Crippen molar-refractivity contribution in [3.05, 3.63) is 41.6 Å². The second-order valence-electron chi connectivity index (χ2n) is 5.79. The molecule has 1 atom stereocenters. The van der Waals surface area contributed by atoms with Crippen LogP contribution in [0.25, 0.3) is 5.69 Å². The van der Waals surface area contributed by atoms with Crippen molar-refractivity contribution in [3.8, 4) is 5.69 Å². The normalized spacial score (nSPS) is 18.2. The number of rotatable bonds is 3. The number of aryl methyl sites for hydroxylation is 1. The Bertz CT molecular complexity index is 753. The molecule has 1 aliphatic heterocycles. The predicted octanol–water partition coefficient (Wildman–Crippen LogP) is 3.25. The maximum absolute atomic E-state index is 12.7. The minimum Gasteiger partial charge on any atom is -0.480 e. The molecule has 2 heterocycles. The number of benzene rings is 1. The van der Waals surface area contributed by atoms with E-state index >= 15 is 0 Å². The maximum Gasteiger partial charge on any atom is 0.416 e. The summed E-state index contributed by atoms with van der Waals surface area (Å²) in [6.45, 7) is 2.33. The van der Waals surface area contributed by atoms with Crippen LogP contribution < -0.4 is 4.90 Å². The molecule has 1 saturated heterocycles. The Kier molecular flexibility index (Phi) is 3.98. The van der Waals surface area contributed by atoms with Gasteiger partial charge >= 0.3 is 12.1 Å². The lowest BCUT2D eigenvalue weighted by Crippen LogP contribution is -2.37. The van der Waals surface area contributed by atoms with Crippen molar-refractivity contribution in [1.29, 1.82) is 0 Å². The molecule has 24 heavy (non-hydrogen) atoms. The monoisotopic (exact) mass is 339 g/mol. The van der Waals surface area contributed by atoms with Crippen LogP contribution in [-0.2, 0) is 11.0 Å². The van der Waals surface area contributed by atoms with Crippen LogP contribution in [0.5, 0.6) is 0 Å². The smallest absolute Gasteiger partial charge is 0.416 e. The average Bonchev–Trinajstić information content (AvgIpc) is 3.12. The summed E-state index contributed by atoms with van der Waals surface area (Å²) in [5.74, 6) is -0.331. The van der Waals surface area contributed by atoms with Crippen LogP contribution in [0.2, 0.25) is 0 Å². The molecular formula is C16H16F3N3O2. The highest BCUT2D eigenvalue weighted by Gasteiger charge is 2.33. The molecule has 0 amide bonds. The van der Waals surface area contributed by atoms with E-state index < -0.39 is 23.8 Å². The molecule has 1 aliphatic rings. The van der Waals surface area contributed by atoms with Gasteiger partial charge in [0.1, 0.15) is 11.9 Å². The van der Waals surface area contributed by atoms with Crippen molar-refractivity contribution in [2.75, 3.05) is 11.4 Å². The van der Waals surface area contributed by atoms with Crippen molar-refractivity contribution in [3.63, 3.8) is 0 Å². The number of carbonyl (C=O) groups is 1. The summed E-state index contributed by atoms with van der Waals surface area (Å²) in [5.41, 5.74) is 0.393. The number of carboxylic acid groups (broad SMARTS) is 1. The largest absolute Gasteiger partial charge is 0.480 e. The Balaban J connectivity index is 1.99. The quantitative estimate of drug-likeness (QED) is 0.933. The first-order valence-electron chi connectivity index (χ1n) is 7.51. The number of hydrogen-bond donors (Lipinski definition) is 1. The third-order valence-corrected chi connectivity index (χ3v) is 4.08. The second kappa shape index (κ2) is 5.85. The van der Waals surface area contributed by atoms with Crippen LogP contribution >= 0.6 is 0 Å². The molecule has 128 valence electrons. The lowest BCUT2D eigenvalue weighted by molar-refractivity contribution is -0.138. The molecule has 1 fully saturated rings. The van der Waals surface area contributed by atoms with E-state index in [0.29, 0.717) is 30.2 Å². The van der Waals surface area contributed by atoms with Crippen LogP contribution in [0, 0.1) is 6.92 Å². The van der Waals surface area contributed by atoms with Crippen LogP contribution in [0.3, 0.4) is 0 Å². The zero-order valence-corrected chi connectivity index (χ0v) is 12.9. The topological polar surface area (TPSA) is 58.4 Å². The van der Waals surface area contributed by atoms with E-state index in [9.17, 15) is 23.1 Å². The summed E-state index contributed by atoms with van der Waals surface area (Å²) in [5, 5.41) is 13.7. The summed E-state index contributed by atoms with van der Waals surface area (Å²) >= 11 is 0. The molecule has 3 rings (SSSR count). The highest BCUT2D eigenvalue weighted by molar-refractivity contribution is 5.78. The van der Waals surface area contributed by atoms with Gasteiger partial charge < -0.3 is 10.0 Å². The molecule has 0 aliphatic carbocycles. The Hall–Kier alpha value is -2.51. The summed E-state index contributed by atoms with van der Waals surface area (Å²) in [6.07, 6.45) is -3.12. The molecule has 0 spiro atoms. The standard InChI is InChI=1S/C16H16F3N3O2/c1-10-9-14(21-8-2-3-13(21)15(23)24)22(20-10)12-6-4-11(5-7-12)16(17,18)19/h4-7,9,13H,2-3,8H2,1H3,(H,23,24). The number of hydrogen-bond acceptors (Lipinski definition) is 3. The molecule has 0 saturated carbocycles. The fourth-order valence-electron chi connectivity index (χ4n) is 2.97. The third-order valence-electron chi connectivity index (χ3n) is 4.08. The summed E-state index contributed by atoms with van der Waals surface area (Å²) in [7, 11) is 0. The van der Waals surface area contributed by atoms with Gasteiger partial charge in [0.15, 0.2) is 0 Å². The highest BCUT2D eigenvalue weighted by atomic mass is 19.4. The Labute approximate surface area is 136 Å². The minimum atomic E-state index is -4.40. The Morgan fingerprint density at radius 3 is 2.54 bits per heavy atom. The minimum absolute atomic E-state index is 0.460.